The van der Waals surface area contributed by atoms with Crippen LogP contribution in [-0.2, 0) is 5.41 Å². The van der Waals surface area contributed by atoms with E-state index in [0.717, 1.165) is 11.4 Å². The number of nitrogens with zero attached hydrogens (tertiary/aromatic N) is 1. The van der Waals surface area contributed by atoms with Crippen LogP contribution in [-0.4, -0.2) is 0 Å². The van der Waals surface area contributed by atoms with Gasteiger partial charge in [-0.15, -0.1) is 0 Å². The average Bonchev–Trinajstić information content (AvgIpc) is 3.20. The molecular formula is C37H29N. The van der Waals surface area contributed by atoms with E-state index in [2.05, 4.69) is 158 Å². The molecule has 0 fully saturated rings. The minimum Gasteiger partial charge on any atom is -0.310 e. The Morgan fingerprint density at radius 2 is 1.00 bits per heavy atom. The predicted molar refractivity (Wildman–Crippen MR) is 162 cm³/mol. The van der Waals surface area contributed by atoms with Crippen LogP contribution in [0.25, 0.3) is 33.0 Å². The Morgan fingerprint density at radius 3 is 1.68 bits per heavy atom. The van der Waals surface area contributed by atoms with Crippen LogP contribution in [0.15, 0.2) is 140 Å². The summed E-state index contributed by atoms with van der Waals surface area (Å²) in [7, 11) is 0. The lowest BCUT2D eigenvalue weighted by Crippen LogP contribution is -2.15. The van der Waals surface area contributed by atoms with Crippen molar-refractivity contribution >= 4 is 27.8 Å². The summed E-state index contributed by atoms with van der Waals surface area (Å²) >= 11 is 0. The molecule has 38 heavy (non-hydrogen) atoms. The molecule has 0 aliphatic heterocycles. The first-order valence-corrected chi connectivity index (χ1v) is 13.3. The average molecular weight is 488 g/mol. The molecule has 0 amide bonds. The highest BCUT2D eigenvalue weighted by molar-refractivity contribution is 5.99. The molecule has 0 saturated carbocycles. The lowest BCUT2D eigenvalue weighted by atomic mass is 9.81. The second-order valence-corrected chi connectivity index (χ2v) is 10.7. The Morgan fingerprint density at radius 1 is 0.447 bits per heavy atom. The van der Waals surface area contributed by atoms with Crippen LogP contribution in [0, 0.1) is 0 Å². The van der Waals surface area contributed by atoms with Crippen LogP contribution >= 0.6 is 0 Å². The summed E-state index contributed by atoms with van der Waals surface area (Å²) < 4.78 is 0. The fourth-order valence-electron chi connectivity index (χ4n) is 6.10. The summed E-state index contributed by atoms with van der Waals surface area (Å²) in [5, 5.41) is 2.48. The van der Waals surface area contributed by atoms with Crippen LogP contribution < -0.4 is 4.90 Å². The van der Waals surface area contributed by atoms with Gasteiger partial charge < -0.3 is 4.90 Å². The standard InChI is InChI=1S/C37H29N/c1-37(2)34-20-12-11-19-31(34)32-22-21-28(24-35(32)37)33-23-26-13-9-10-14-27(26)25-36(33)38(29-15-5-3-6-16-29)30-17-7-4-8-18-30/h3-25H,1-2H3. The van der Waals surface area contributed by atoms with E-state index in [9.17, 15) is 0 Å². The molecule has 7 rings (SSSR count). The van der Waals surface area contributed by atoms with E-state index >= 15 is 0 Å². The second kappa shape index (κ2) is 8.75. The van der Waals surface area contributed by atoms with Crippen molar-refractivity contribution in [3.8, 4) is 22.3 Å². The summed E-state index contributed by atoms with van der Waals surface area (Å²) in [6.45, 7) is 4.70. The van der Waals surface area contributed by atoms with Gasteiger partial charge in [0.15, 0.2) is 0 Å². The zero-order valence-electron chi connectivity index (χ0n) is 21.7. The summed E-state index contributed by atoms with van der Waals surface area (Å²) in [6.07, 6.45) is 0. The molecular weight excluding hydrogens is 458 g/mol. The molecule has 0 heterocycles. The molecule has 0 radical (unpaired) electrons. The number of hydrogen-bond donors (Lipinski definition) is 0. The highest BCUT2D eigenvalue weighted by atomic mass is 15.1. The lowest BCUT2D eigenvalue weighted by molar-refractivity contribution is 0.660. The van der Waals surface area contributed by atoms with E-state index in [1.807, 2.05) is 0 Å². The molecule has 182 valence electrons. The molecule has 1 nitrogen and oxygen atoms in total. The molecule has 0 bridgehead atoms. The van der Waals surface area contributed by atoms with Crippen LogP contribution in [0.5, 0.6) is 0 Å². The number of fused-ring (bicyclic) bond motifs is 4. The van der Waals surface area contributed by atoms with Gasteiger partial charge in [-0.2, -0.15) is 0 Å². The maximum atomic E-state index is 2.43. The molecule has 0 unspecified atom stereocenters. The van der Waals surface area contributed by atoms with Gasteiger partial charge in [0.1, 0.15) is 0 Å². The van der Waals surface area contributed by atoms with Crippen molar-refractivity contribution in [1.82, 2.24) is 0 Å². The maximum absolute atomic E-state index is 2.43. The van der Waals surface area contributed by atoms with Gasteiger partial charge in [-0.3, -0.25) is 0 Å². The van der Waals surface area contributed by atoms with Crippen molar-refractivity contribution in [2.75, 3.05) is 4.90 Å². The third kappa shape index (κ3) is 3.55. The van der Waals surface area contributed by atoms with Crippen LogP contribution in [0.3, 0.4) is 0 Å². The SMILES string of the molecule is CC1(C)c2ccccc2-c2ccc(-c3cc4ccccc4cc3N(c3ccccc3)c3ccccc3)cc21. The number of rotatable bonds is 4. The Balaban J connectivity index is 1.50. The quantitative estimate of drug-likeness (QED) is 0.239. The Bertz CT molecular complexity index is 1740. The summed E-state index contributed by atoms with van der Waals surface area (Å²) in [5.74, 6) is 0. The lowest BCUT2D eigenvalue weighted by Gasteiger charge is -2.29. The first-order chi connectivity index (χ1) is 18.6. The zero-order chi connectivity index (χ0) is 25.7. The second-order valence-electron chi connectivity index (χ2n) is 10.7. The van der Waals surface area contributed by atoms with Crippen LogP contribution in [0.1, 0.15) is 25.0 Å². The molecule has 0 spiro atoms. The molecule has 1 heteroatoms. The van der Waals surface area contributed by atoms with Gasteiger partial charge in [-0.1, -0.05) is 111 Å². The number of benzene rings is 6. The third-order valence-corrected chi connectivity index (χ3v) is 8.03. The number of para-hydroxylation sites is 2. The van der Waals surface area contributed by atoms with Crippen LogP contribution in [0.2, 0.25) is 0 Å². The zero-order valence-corrected chi connectivity index (χ0v) is 21.7. The minimum absolute atomic E-state index is 0.0442. The molecule has 0 aromatic heterocycles. The summed E-state index contributed by atoms with van der Waals surface area (Å²) in [4.78, 5) is 2.38. The third-order valence-electron chi connectivity index (χ3n) is 8.03. The van der Waals surface area contributed by atoms with Crippen molar-refractivity contribution < 1.29 is 0 Å². The highest BCUT2D eigenvalue weighted by Gasteiger charge is 2.35. The molecule has 0 saturated heterocycles. The summed E-state index contributed by atoms with van der Waals surface area (Å²) in [6, 6.07) is 50.6. The smallest absolute Gasteiger partial charge is 0.0546 e. The van der Waals surface area contributed by atoms with E-state index < -0.39 is 0 Å². The maximum Gasteiger partial charge on any atom is 0.0546 e. The minimum atomic E-state index is -0.0442. The van der Waals surface area contributed by atoms with E-state index in [1.54, 1.807) is 0 Å². The van der Waals surface area contributed by atoms with Gasteiger partial charge in [-0.25, -0.2) is 0 Å². The van der Waals surface area contributed by atoms with Gasteiger partial charge >= 0.3 is 0 Å². The number of hydrogen-bond acceptors (Lipinski definition) is 1. The summed E-state index contributed by atoms with van der Waals surface area (Å²) in [5.41, 5.74) is 11.4. The van der Waals surface area contributed by atoms with Gasteiger partial charge in [0.2, 0.25) is 0 Å². The molecule has 6 aromatic rings. The van der Waals surface area contributed by atoms with Crippen molar-refractivity contribution in [3.05, 3.63) is 151 Å². The first-order valence-electron chi connectivity index (χ1n) is 13.3. The molecule has 0 atom stereocenters. The van der Waals surface area contributed by atoms with Crippen molar-refractivity contribution in [1.29, 1.82) is 0 Å². The van der Waals surface area contributed by atoms with E-state index in [0.29, 0.717) is 0 Å². The predicted octanol–water partition coefficient (Wildman–Crippen LogP) is 10.3. The van der Waals surface area contributed by atoms with E-state index in [4.69, 9.17) is 0 Å². The van der Waals surface area contributed by atoms with Crippen molar-refractivity contribution in [3.63, 3.8) is 0 Å². The Labute approximate surface area is 224 Å². The Kier molecular flexibility index (Phi) is 5.19. The van der Waals surface area contributed by atoms with Crippen molar-refractivity contribution in [2.24, 2.45) is 0 Å². The fraction of sp³-hybridized carbons (Fsp3) is 0.0811. The van der Waals surface area contributed by atoms with E-state index in [-0.39, 0.29) is 5.41 Å². The number of anilines is 3. The fourth-order valence-corrected chi connectivity index (χ4v) is 6.10. The monoisotopic (exact) mass is 487 g/mol. The first kappa shape index (κ1) is 22.6. The topological polar surface area (TPSA) is 3.24 Å². The highest BCUT2D eigenvalue weighted by Crippen LogP contribution is 2.51. The molecule has 0 N–H and O–H groups in total. The largest absolute Gasteiger partial charge is 0.310 e. The van der Waals surface area contributed by atoms with E-state index in [1.165, 1.54) is 49.8 Å². The van der Waals surface area contributed by atoms with Gasteiger partial charge in [-0.05, 0) is 81.1 Å². The Hall–Kier alpha value is -4.62. The van der Waals surface area contributed by atoms with Gasteiger partial charge in [0, 0.05) is 22.4 Å². The molecule has 1 aliphatic carbocycles. The normalized spacial score (nSPS) is 13.2. The van der Waals surface area contributed by atoms with Crippen LogP contribution in [0.4, 0.5) is 17.1 Å². The van der Waals surface area contributed by atoms with Crippen molar-refractivity contribution in [2.45, 2.75) is 19.3 Å². The van der Waals surface area contributed by atoms with Gasteiger partial charge in [0.05, 0.1) is 5.69 Å². The molecule has 6 aromatic carbocycles. The van der Waals surface area contributed by atoms with Gasteiger partial charge in [0.25, 0.3) is 0 Å². The molecule has 1 aliphatic rings.